The van der Waals surface area contributed by atoms with Gasteiger partial charge in [-0.25, -0.2) is 0 Å². The van der Waals surface area contributed by atoms with Crippen LogP contribution in [0.5, 0.6) is 0 Å². The van der Waals surface area contributed by atoms with Crippen molar-refractivity contribution in [3.05, 3.63) is 85.1 Å². The van der Waals surface area contributed by atoms with Crippen molar-refractivity contribution in [2.24, 2.45) is 0 Å². The molecule has 0 aliphatic heterocycles. The van der Waals surface area contributed by atoms with Gasteiger partial charge in [-0.15, -0.1) is 0 Å². The summed E-state index contributed by atoms with van der Waals surface area (Å²) in [6.45, 7) is 0. The van der Waals surface area contributed by atoms with E-state index in [2.05, 4.69) is 48.6 Å². The van der Waals surface area contributed by atoms with Crippen molar-refractivity contribution in [2.45, 2.75) is 32.1 Å². The summed E-state index contributed by atoms with van der Waals surface area (Å²) >= 11 is 0. The summed E-state index contributed by atoms with van der Waals surface area (Å²) in [6, 6.07) is 0. The van der Waals surface area contributed by atoms with Crippen molar-refractivity contribution >= 4 is 0 Å². The monoisotopic (exact) mass is 252 g/mol. The molecule has 1 rings (SSSR count). The van der Waals surface area contributed by atoms with E-state index in [4.69, 9.17) is 0 Å². The van der Waals surface area contributed by atoms with E-state index in [9.17, 15) is 0 Å². The number of allylic oxidation sites excluding steroid dienone is 14. The Kier molecular flexibility index (Phi) is 10.1. The first-order valence-electron chi connectivity index (χ1n) is 7.15. The Labute approximate surface area is 117 Å². The average Bonchev–Trinajstić information content (AvgIpc) is 2.43. The molecule has 100 valence electrons. The van der Waals surface area contributed by atoms with Gasteiger partial charge < -0.3 is 0 Å². The molecular formula is C19H24. The molecule has 19 heavy (non-hydrogen) atoms. The van der Waals surface area contributed by atoms with Gasteiger partial charge in [0.15, 0.2) is 0 Å². The lowest BCUT2D eigenvalue weighted by atomic mass is 10.1. The van der Waals surface area contributed by atoms with Crippen molar-refractivity contribution < 1.29 is 0 Å². The molecule has 0 saturated carbocycles. The van der Waals surface area contributed by atoms with E-state index in [1.807, 2.05) is 36.5 Å². The largest absolute Gasteiger partial charge is 0.0845 e. The van der Waals surface area contributed by atoms with E-state index in [0.717, 1.165) is 0 Å². The van der Waals surface area contributed by atoms with E-state index in [1.165, 1.54) is 32.1 Å². The highest BCUT2D eigenvalue weighted by Crippen LogP contribution is 2.04. The molecule has 0 fully saturated rings. The molecule has 0 radical (unpaired) electrons. The average molecular weight is 252 g/mol. The first kappa shape index (κ1) is 15.2. The van der Waals surface area contributed by atoms with Gasteiger partial charge in [-0.2, -0.15) is 0 Å². The molecule has 0 aromatic heterocycles. The van der Waals surface area contributed by atoms with Gasteiger partial charge >= 0.3 is 0 Å². The fraction of sp³-hybridized carbons (Fsp3) is 0.263. The smallest absolute Gasteiger partial charge is 0.0348 e. The molecule has 0 heteroatoms. The molecule has 0 bridgehead atoms. The first-order chi connectivity index (χ1) is 9.50. The van der Waals surface area contributed by atoms with Crippen LogP contribution in [0.15, 0.2) is 85.1 Å². The van der Waals surface area contributed by atoms with Gasteiger partial charge in [0, 0.05) is 0 Å². The number of rotatable bonds is 0. The summed E-state index contributed by atoms with van der Waals surface area (Å²) in [4.78, 5) is 0. The second-order valence-electron chi connectivity index (χ2n) is 4.42. The van der Waals surface area contributed by atoms with Crippen LogP contribution in [0, 0.1) is 0 Å². The lowest BCUT2D eigenvalue weighted by Crippen LogP contribution is -1.74. The van der Waals surface area contributed by atoms with Crippen LogP contribution in [0.1, 0.15) is 32.1 Å². The molecule has 0 atom stereocenters. The van der Waals surface area contributed by atoms with Crippen molar-refractivity contribution in [1.29, 1.82) is 0 Å². The van der Waals surface area contributed by atoms with E-state index >= 15 is 0 Å². The quantitative estimate of drug-likeness (QED) is 0.507. The van der Waals surface area contributed by atoms with Gasteiger partial charge in [0.1, 0.15) is 0 Å². The Morgan fingerprint density at radius 2 is 0.632 bits per heavy atom. The van der Waals surface area contributed by atoms with Crippen molar-refractivity contribution in [1.82, 2.24) is 0 Å². The van der Waals surface area contributed by atoms with Gasteiger partial charge in [0.2, 0.25) is 0 Å². The molecule has 0 aromatic carbocycles. The Morgan fingerprint density at radius 3 is 1.00 bits per heavy atom. The minimum Gasteiger partial charge on any atom is -0.0845 e. The second-order valence-corrected chi connectivity index (χ2v) is 4.42. The summed E-state index contributed by atoms with van der Waals surface area (Å²) in [7, 11) is 0. The van der Waals surface area contributed by atoms with Crippen LogP contribution in [-0.4, -0.2) is 0 Å². The third kappa shape index (κ3) is 11.0. The highest BCUT2D eigenvalue weighted by atomic mass is 13.9. The highest BCUT2D eigenvalue weighted by molar-refractivity contribution is 5.20. The molecule has 0 saturated heterocycles. The van der Waals surface area contributed by atoms with Crippen LogP contribution in [0.2, 0.25) is 0 Å². The molecule has 0 unspecified atom stereocenters. The van der Waals surface area contributed by atoms with Crippen molar-refractivity contribution in [3.8, 4) is 0 Å². The predicted molar refractivity (Wildman–Crippen MR) is 87.1 cm³/mol. The van der Waals surface area contributed by atoms with E-state index in [1.54, 1.807) is 0 Å². The minimum atomic E-state index is 1.18. The Morgan fingerprint density at radius 1 is 0.316 bits per heavy atom. The summed E-state index contributed by atoms with van der Waals surface area (Å²) in [5.41, 5.74) is 0. The molecule has 1 aliphatic rings. The first-order valence-corrected chi connectivity index (χ1v) is 7.15. The third-order valence-electron chi connectivity index (χ3n) is 2.74. The van der Waals surface area contributed by atoms with E-state index < -0.39 is 0 Å². The number of hydrogen-bond donors (Lipinski definition) is 0. The second kappa shape index (κ2) is 12.6. The maximum Gasteiger partial charge on any atom is -0.0348 e. The maximum atomic E-state index is 2.25. The minimum absolute atomic E-state index is 1.18. The Bertz CT molecular complexity index is 360. The zero-order valence-corrected chi connectivity index (χ0v) is 11.6. The van der Waals surface area contributed by atoms with Crippen LogP contribution < -0.4 is 0 Å². The maximum absolute atomic E-state index is 2.25. The molecule has 1 aliphatic carbocycles. The molecule has 0 heterocycles. The fourth-order valence-electron chi connectivity index (χ4n) is 1.69. The molecule has 0 N–H and O–H groups in total. The topological polar surface area (TPSA) is 0 Å². The lowest BCUT2D eigenvalue weighted by Gasteiger charge is -1.94. The van der Waals surface area contributed by atoms with Crippen LogP contribution in [0.4, 0.5) is 0 Å². The standard InChI is InChI=1S/C19H24/c1-2-4-6-8-10-12-14-16-18-19-17-15-13-11-9-7-5-3-1/h1-14H,15-19H2/b2-1-,5-3+,6-4+,9-7+,10-8+,13-11-,14-12?. The molecule has 0 amide bonds. The van der Waals surface area contributed by atoms with Gasteiger partial charge in [-0.05, 0) is 25.7 Å². The summed E-state index contributed by atoms with van der Waals surface area (Å²) in [6.07, 6.45) is 35.5. The van der Waals surface area contributed by atoms with Crippen molar-refractivity contribution in [2.75, 3.05) is 0 Å². The fourth-order valence-corrected chi connectivity index (χ4v) is 1.69. The predicted octanol–water partition coefficient (Wildman–Crippen LogP) is 5.84. The zero-order chi connectivity index (χ0) is 13.4. The van der Waals surface area contributed by atoms with Gasteiger partial charge in [0.05, 0.1) is 0 Å². The number of hydrogen-bond acceptors (Lipinski definition) is 0. The Balaban J connectivity index is 2.47. The Hall–Kier alpha value is -1.82. The highest BCUT2D eigenvalue weighted by Gasteiger charge is 1.84. The molecule has 0 aromatic rings. The summed E-state index contributed by atoms with van der Waals surface area (Å²) in [5.74, 6) is 0. The van der Waals surface area contributed by atoms with Crippen molar-refractivity contribution in [3.63, 3.8) is 0 Å². The van der Waals surface area contributed by atoms with Crippen LogP contribution in [0.25, 0.3) is 0 Å². The zero-order valence-electron chi connectivity index (χ0n) is 11.6. The van der Waals surface area contributed by atoms with E-state index in [-0.39, 0.29) is 0 Å². The third-order valence-corrected chi connectivity index (χ3v) is 2.74. The van der Waals surface area contributed by atoms with Gasteiger partial charge in [0.25, 0.3) is 0 Å². The lowest BCUT2D eigenvalue weighted by molar-refractivity contribution is 0.696. The summed E-state index contributed by atoms with van der Waals surface area (Å²) in [5, 5.41) is 0. The van der Waals surface area contributed by atoms with E-state index in [0.29, 0.717) is 0 Å². The molecule has 0 spiro atoms. The van der Waals surface area contributed by atoms with Crippen LogP contribution >= 0.6 is 0 Å². The SMILES string of the molecule is C1=CCCCCC\C=C/C=C/C=C/C=C\C=C\C=C\1. The molecule has 0 nitrogen and oxygen atoms in total. The normalized spacial score (nSPS) is 28.2. The van der Waals surface area contributed by atoms with Gasteiger partial charge in [-0.1, -0.05) is 91.5 Å². The van der Waals surface area contributed by atoms with Crippen LogP contribution in [0.3, 0.4) is 0 Å². The van der Waals surface area contributed by atoms with Crippen LogP contribution in [-0.2, 0) is 0 Å². The molecular weight excluding hydrogens is 228 g/mol. The van der Waals surface area contributed by atoms with Gasteiger partial charge in [-0.3, -0.25) is 0 Å². The summed E-state index contributed by atoms with van der Waals surface area (Å²) < 4.78 is 0.